The summed E-state index contributed by atoms with van der Waals surface area (Å²) in [6.45, 7) is 5.60. The monoisotopic (exact) mass is 334 g/mol. The molecule has 0 saturated carbocycles. The molecule has 5 nitrogen and oxygen atoms in total. The Bertz CT molecular complexity index is 930. The van der Waals surface area contributed by atoms with E-state index in [1.54, 1.807) is 0 Å². The molecule has 3 heterocycles. The fourth-order valence-electron chi connectivity index (χ4n) is 3.68. The highest BCUT2D eigenvalue weighted by Gasteiger charge is 2.30. The minimum Gasteiger partial charge on any atom is -0.332 e. The molecule has 0 radical (unpaired) electrons. The maximum atomic E-state index is 13.0. The van der Waals surface area contributed by atoms with Crippen molar-refractivity contribution in [3.63, 3.8) is 0 Å². The van der Waals surface area contributed by atoms with E-state index in [-0.39, 0.29) is 11.9 Å². The minimum atomic E-state index is 0.0229. The van der Waals surface area contributed by atoms with Crippen LogP contribution in [0, 0.1) is 13.8 Å². The lowest BCUT2D eigenvalue weighted by Gasteiger charge is -2.25. The number of fused-ring (bicyclic) bond motifs is 1. The first-order chi connectivity index (χ1) is 12.1. The van der Waals surface area contributed by atoms with Crippen LogP contribution in [-0.2, 0) is 6.54 Å². The summed E-state index contributed by atoms with van der Waals surface area (Å²) in [5.74, 6) is 0.0229. The molecule has 128 valence electrons. The average Bonchev–Trinajstić information content (AvgIpc) is 3.20. The zero-order valence-corrected chi connectivity index (χ0v) is 14.6. The number of para-hydroxylation sites is 1. The molecule has 1 aliphatic rings. The standard InChI is InChI=1S/C20H22N4O/c1-14-12-15(2)24(22-14)13-17-7-5-11-23(17)20(25)19-10-9-16-6-3-4-8-18(16)21-19/h3-4,6,8-10,12,17H,5,7,11,13H2,1-2H3/t17-/m1/s1. The number of aryl methyl sites for hydroxylation is 2. The summed E-state index contributed by atoms with van der Waals surface area (Å²) in [4.78, 5) is 19.6. The molecule has 1 saturated heterocycles. The van der Waals surface area contributed by atoms with Crippen molar-refractivity contribution in [2.24, 2.45) is 0 Å². The Kier molecular flexibility index (Phi) is 3.99. The van der Waals surface area contributed by atoms with Crippen molar-refractivity contribution in [2.45, 2.75) is 39.3 Å². The third-order valence-electron chi connectivity index (χ3n) is 4.94. The van der Waals surface area contributed by atoms with Crippen LogP contribution in [0.1, 0.15) is 34.7 Å². The van der Waals surface area contributed by atoms with E-state index in [9.17, 15) is 4.79 Å². The third kappa shape index (κ3) is 3.02. The summed E-state index contributed by atoms with van der Waals surface area (Å²) in [7, 11) is 0. The van der Waals surface area contributed by atoms with Crippen LogP contribution in [0.15, 0.2) is 42.5 Å². The molecular formula is C20H22N4O. The fourth-order valence-corrected chi connectivity index (χ4v) is 3.68. The van der Waals surface area contributed by atoms with E-state index in [2.05, 4.69) is 23.1 Å². The molecule has 0 N–H and O–H groups in total. The lowest BCUT2D eigenvalue weighted by molar-refractivity contribution is 0.0715. The van der Waals surface area contributed by atoms with Gasteiger partial charge in [-0.15, -0.1) is 0 Å². The van der Waals surface area contributed by atoms with Gasteiger partial charge in [0.1, 0.15) is 5.69 Å². The number of carbonyl (C=O) groups excluding carboxylic acids is 1. The molecule has 5 heteroatoms. The molecule has 0 unspecified atom stereocenters. The Morgan fingerprint density at radius 2 is 2.04 bits per heavy atom. The number of nitrogens with zero attached hydrogens (tertiary/aromatic N) is 4. The molecule has 0 bridgehead atoms. The molecule has 0 spiro atoms. The number of likely N-dealkylation sites (tertiary alicyclic amines) is 1. The lowest BCUT2D eigenvalue weighted by Crippen LogP contribution is -2.38. The largest absolute Gasteiger partial charge is 0.332 e. The highest BCUT2D eigenvalue weighted by Crippen LogP contribution is 2.22. The Labute approximate surface area is 147 Å². The number of rotatable bonds is 3. The molecule has 3 aromatic rings. The van der Waals surface area contributed by atoms with Crippen molar-refractivity contribution < 1.29 is 4.79 Å². The first kappa shape index (κ1) is 15.8. The van der Waals surface area contributed by atoms with Gasteiger partial charge in [-0.25, -0.2) is 4.98 Å². The molecule has 1 fully saturated rings. The lowest BCUT2D eigenvalue weighted by atomic mass is 10.2. The van der Waals surface area contributed by atoms with Crippen LogP contribution < -0.4 is 0 Å². The van der Waals surface area contributed by atoms with Crippen LogP contribution in [0.4, 0.5) is 0 Å². The Morgan fingerprint density at radius 1 is 1.20 bits per heavy atom. The van der Waals surface area contributed by atoms with E-state index in [4.69, 9.17) is 0 Å². The van der Waals surface area contributed by atoms with Crippen LogP contribution in [0.5, 0.6) is 0 Å². The first-order valence-corrected chi connectivity index (χ1v) is 8.79. The molecule has 0 aliphatic carbocycles. The number of hydrogen-bond acceptors (Lipinski definition) is 3. The second-order valence-corrected chi connectivity index (χ2v) is 6.79. The van der Waals surface area contributed by atoms with Gasteiger partial charge in [0, 0.05) is 17.6 Å². The van der Waals surface area contributed by atoms with Crippen molar-refractivity contribution in [3.05, 3.63) is 59.5 Å². The van der Waals surface area contributed by atoms with Crippen LogP contribution >= 0.6 is 0 Å². The number of hydrogen-bond donors (Lipinski definition) is 0. The normalized spacial score (nSPS) is 17.4. The van der Waals surface area contributed by atoms with Gasteiger partial charge >= 0.3 is 0 Å². The van der Waals surface area contributed by atoms with Gasteiger partial charge in [0.25, 0.3) is 5.91 Å². The van der Waals surface area contributed by atoms with Gasteiger partial charge in [-0.1, -0.05) is 24.3 Å². The molecule has 1 amide bonds. The highest BCUT2D eigenvalue weighted by molar-refractivity contribution is 5.95. The predicted molar refractivity (Wildman–Crippen MR) is 97.5 cm³/mol. The second-order valence-electron chi connectivity index (χ2n) is 6.79. The number of carbonyl (C=O) groups is 1. The Balaban J connectivity index is 1.58. The summed E-state index contributed by atoms with van der Waals surface area (Å²) >= 11 is 0. The maximum absolute atomic E-state index is 13.0. The van der Waals surface area contributed by atoms with E-state index in [1.807, 2.05) is 52.9 Å². The van der Waals surface area contributed by atoms with Gasteiger partial charge in [-0.3, -0.25) is 9.48 Å². The quantitative estimate of drug-likeness (QED) is 0.738. The van der Waals surface area contributed by atoms with Gasteiger partial charge in [-0.2, -0.15) is 5.10 Å². The molecule has 1 aliphatic heterocycles. The zero-order chi connectivity index (χ0) is 17.4. The summed E-state index contributed by atoms with van der Waals surface area (Å²) in [6.07, 6.45) is 2.04. The van der Waals surface area contributed by atoms with E-state index >= 15 is 0 Å². The zero-order valence-electron chi connectivity index (χ0n) is 14.6. The summed E-state index contributed by atoms with van der Waals surface area (Å²) < 4.78 is 2.01. The third-order valence-corrected chi connectivity index (χ3v) is 4.94. The fraction of sp³-hybridized carbons (Fsp3) is 0.350. The van der Waals surface area contributed by atoms with Crippen molar-refractivity contribution in [1.29, 1.82) is 0 Å². The molecule has 4 rings (SSSR count). The SMILES string of the molecule is Cc1cc(C)n(C[C@H]2CCCN2C(=O)c2ccc3ccccc3n2)n1. The number of pyridine rings is 1. The summed E-state index contributed by atoms with van der Waals surface area (Å²) in [5, 5.41) is 5.60. The predicted octanol–water partition coefficient (Wildman–Crippen LogP) is 3.35. The van der Waals surface area contributed by atoms with Gasteiger partial charge in [-0.05, 0) is 44.9 Å². The van der Waals surface area contributed by atoms with Crippen LogP contribution in [0.3, 0.4) is 0 Å². The first-order valence-electron chi connectivity index (χ1n) is 8.79. The summed E-state index contributed by atoms with van der Waals surface area (Å²) in [5.41, 5.74) is 3.55. The number of amides is 1. The van der Waals surface area contributed by atoms with E-state index < -0.39 is 0 Å². The summed E-state index contributed by atoms with van der Waals surface area (Å²) in [6, 6.07) is 14.0. The van der Waals surface area contributed by atoms with Crippen molar-refractivity contribution in [2.75, 3.05) is 6.54 Å². The van der Waals surface area contributed by atoms with Gasteiger partial charge in [0.2, 0.25) is 0 Å². The smallest absolute Gasteiger partial charge is 0.272 e. The van der Waals surface area contributed by atoms with Crippen LogP contribution in [-0.4, -0.2) is 38.2 Å². The van der Waals surface area contributed by atoms with E-state index in [1.165, 1.54) is 0 Å². The van der Waals surface area contributed by atoms with Gasteiger partial charge < -0.3 is 4.90 Å². The van der Waals surface area contributed by atoms with Crippen molar-refractivity contribution in [1.82, 2.24) is 19.7 Å². The molecule has 1 aromatic carbocycles. The van der Waals surface area contributed by atoms with Crippen molar-refractivity contribution >= 4 is 16.8 Å². The van der Waals surface area contributed by atoms with Crippen LogP contribution in [0.25, 0.3) is 10.9 Å². The van der Waals surface area contributed by atoms with Crippen molar-refractivity contribution in [3.8, 4) is 0 Å². The van der Waals surface area contributed by atoms with E-state index in [0.717, 1.165) is 48.2 Å². The average molecular weight is 334 g/mol. The number of benzene rings is 1. The Morgan fingerprint density at radius 3 is 2.84 bits per heavy atom. The maximum Gasteiger partial charge on any atom is 0.272 e. The molecule has 1 atom stereocenters. The van der Waals surface area contributed by atoms with Gasteiger partial charge in [0.15, 0.2) is 0 Å². The Hall–Kier alpha value is -2.69. The van der Waals surface area contributed by atoms with Gasteiger partial charge in [0.05, 0.1) is 23.8 Å². The molecule has 2 aromatic heterocycles. The second kappa shape index (κ2) is 6.31. The highest BCUT2D eigenvalue weighted by atomic mass is 16.2. The van der Waals surface area contributed by atoms with Crippen LogP contribution in [0.2, 0.25) is 0 Å². The van der Waals surface area contributed by atoms with E-state index in [0.29, 0.717) is 5.69 Å². The minimum absolute atomic E-state index is 0.0229. The molecular weight excluding hydrogens is 312 g/mol. The molecule has 25 heavy (non-hydrogen) atoms. The number of aromatic nitrogens is 3. The topological polar surface area (TPSA) is 51.0 Å².